The normalized spacial score (nSPS) is 10.7. The average molecular weight is 283 g/mol. The number of aromatic nitrogens is 2. The number of benzene rings is 1. The topological polar surface area (TPSA) is 20.7 Å². The van der Waals surface area contributed by atoms with Crippen LogP contribution in [0.2, 0.25) is 0 Å². The summed E-state index contributed by atoms with van der Waals surface area (Å²) in [5.41, 5.74) is 2.21. The third-order valence-corrected chi connectivity index (χ3v) is 3.11. The number of aryl methyl sites for hydroxylation is 1. The Bertz CT molecular complexity index is 553. The van der Waals surface area contributed by atoms with Crippen LogP contribution >= 0.6 is 28.1 Å². The second-order valence-electron chi connectivity index (χ2n) is 3.32. The molecule has 0 aliphatic heterocycles. The molecule has 1 N–H and O–H groups in total. The van der Waals surface area contributed by atoms with Crippen LogP contribution in [0.3, 0.4) is 0 Å². The summed E-state index contributed by atoms with van der Waals surface area (Å²) < 4.78 is 3.92. The van der Waals surface area contributed by atoms with Crippen molar-refractivity contribution < 1.29 is 0 Å². The Kier molecular flexibility index (Phi) is 3.07. The molecule has 0 atom stereocenters. The van der Waals surface area contributed by atoms with Gasteiger partial charge in [-0.25, -0.2) is 0 Å². The largest absolute Gasteiger partial charge is 0.331 e. The maximum atomic E-state index is 5.27. The van der Waals surface area contributed by atoms with Crippen LogP contribution in [0.1, 0.15) is 6.42 Å². The Hall–Kier alpha value is -0.870. The number of hydrogen-bond acceptors (Lipinski definition) is 1. The number of hydrogen-bond donors (Lipinski definition) is 1. The molecule has 15 heavy (non-hydrogen) atoms. The highest BCUT2D eigenvalue weighted by Crippen LogP contribution is 2.19. The maximum absolute atomic E-state index is 5.27. The van der Waals surface area contributed by atoms with Crippen molar-refractivity contribution in [2.24, 2.45) is 0 Å². The van der Waals surface area contributed by atoms with E-state index in [2.05, 4.69) is 38.1 Å². The zero-order chi connectivity index (χ0) is 10.8. The molecule has 4 heteroatoms. The molecular weight excluding hydrogens is 272 g/mol. The highest BCUT2D eigenvalue weighted by atomic mass is 79.9. The maximum Gasteiger partial charge on any atom is 0.178 e. The summed E-state index contributed by atoms with van der Waals surface area (Å²) in [4.78, 5) is 3.19. The summed E-state index contributed by atoms with van der Waals surface area (Å²) in [6, 6.07) is 6.12. The van der Waals surface area contributed by atoms with E-state index in [0.29, 0.717) is 0 Å². The summed E-state index contributed by atoms with van der Waals surface area (Å²) >= 11 is 8.71. The van der Waals surface area contributed by atoms with E-state index in [0.717, 1.165) is 33.2 Å². The SMILES string of the molecule is C=CCCn1c(=S)[nH]c2cc(Br)ccc21. The minimum atomic E-state index is 0.768. The first-order chi connectivity index (χ1) is 7.22. The first-order valence-electron chi connectivity index (χ1n) is 4.71. The summed E-state index contributed by atoms with van der Waals surface area (Å²) in [6.07, 6.45) is 2.83. The van der Waals surface area contributed by atoms with Crippen molar-refractivity contribution in [3.8, 4) is 0 Å². The van der Waals surface area contributed by atoms with Crippen LogP contribution < -0.4 is 0 Å². The number of halogens is 1. The van der Waals surface area contributed by atoms with Crippen molar-refractivity contribution >= 4 is 39.2 Å². The highest BCUT2D eigenvalue weighted by molar-refractivity contribution is 9.10. The Balaban J connectivity index is 2.58. The van der Waals surface area contributed by atoms with Crippen LogP contribution in [0, 0.1) is 4.77 Å². The van der Waals surface area contributed by atoms with Crippen molar-refractivity contribution in [3.05, 3.63) is 40.1 Å². The third-order valence-electron chi connectivity index (χ3n) is 2.29. The molecule has 0 radical (unpaired) electrons. The van der Waals surface area contributed by atoms with Crippen LogP contribution in [0.25, 0.3) is 11.0 Å². The van der Waals surface area contributed by atoms with Crippen LogP contribution in [0.4, 0.5) is 0 Å². The highest BCUT2D eigenvalue weighted by Gasteiger charge is 2.03. The fourth-order valence-electron chi connectivity index (χ4n) is 1.58. The number of aromatic amines is 1. The van der Waals surface area contributed by atoms with Crippen LogP contribution in [-0.4, -0.2) is 9.55 Å². The van der Waals surface area contributed by atoms with Gasteiger partial charge in [-0.2, -0.15) is 0 Å². The fraction of sp³-hybridized carbons (Fsp3) is 0.182. The monoisotopic (exact) mass is 282 g/mol. The summed E-state index contributed by atoms with van der Waals surface area (Å²) in [7, 11) is 0. The molecule has 2 rings (SSSR count). The van der Waals surface area contributed by atoms with Crippen LogP contribution in [0.5, 0.6) is 0 Å². The number of nitrogens with zero attached hydrogens (tertiary/aromatic N) is 1. The van der Waals surface area contributed by atoms with E-state index in [4.69, 9.17) is 12.2 Å². The van der Waals surface area contributed by atoms with Crippen molar-refractivity contribution in [2.45, 2.75) is 13.0 Å². The van der Waals surface area contributed by atoms with Crippen LogP contribution in [0.15, 0.2) is 35.3 Å². The lowest BCUT2D eigenvalue weighted by Crippen LogP contribution is -1.96. The molecule has 78 valence electrons. The van der Waals surface area contributed by atoms with E-state index in [-0.39, 0.29) is 0 Å². The Morgan fingerprint density at radius 1 is 1.53 bits per heavy atom. The van der Waals surface area contributed by atoms with Gasteiger partial charge < -0.3 is 9.55 Å². The van der Waals surface area contributed by atoms with Crippen molar-refractivity contribution in [2.75, 3.05) is 0 Å². The van der Waals surface area contributed by atoms with Gasteiger partial charge in [-0.1, -0.05) is 22.0 Å². The number of H-pyrrole nitrogens is 1. The van der Waals surface area contributed by atoms with Gasteiger partial charge in [-0.3, -0.25) is 0 Å². The van der Waals surface area contributed by atoms with Gasteiger partial charge >= 0.3 is 0 Å². The first-order valence-corrected chi connectivity index (χ1v) is 5.91. The quantitative estimate of drug-likeness (QED) is 0.666. The van der Waals surface area contributed by atoms with Gasteiger partial charge in [0.25, 0.3) is 0 Å². The molecule has 0 spiro atoms. The molecule has 0 saturated heterocycles. The average Bonchev–Trinajstić information content (AvgIpc) is 2.50. The van der Waals surface area contributed by atoms with E-state index in [9.17, 15) is 0 Å². The van der Waals surface area contributed by atoms with Gasteiger partial charge in [0, 0.05) is 11.0 Å². The lowest BCUT2D eigenvalue weighted by molar-refractivity contribution is 0.721. The molecule has 1 aromatic heterocycles. The van der Waals surface area contributed by atoms with Crippen LogP contribution in [-0.2, 0) is 6.54 Å². The molecule has 0 bridgehead atoms. The van der Waals surface area contributed by atoms with E-state index < -0.39 is 0 Å². The fourth-order valence-corrected chi connectivity index (χ4v) is 2.24. The number of nitrogens with one attached hydrogen (secondary N) is 1. The van der Waals surface area contributed by atoms with E-state index in [1.807, 2.05) is 18.2 Å². The molecule has 2 nitrogen and oxygen atoms in total. The van der Waals surface area contributed by atoms with Gasteiger partial charge in [-0.15, -0.1) is 6.58 Å². The Morgan fingerprint density at radius 2 is 2.33 bits per heavy atom. The molecule has 1 aromatic carbocycles. The van der Waals surface area contributed by atoms with Gasteiger partial charge in [0.05, 0.1) is 11.0 Å². The summed E-state index contributed by atoms with van der Waals surface area (Å²) in [6.45, 7) is 4.60. The number of allylic oxidation sites excluding steroid dienone is 1. The zero-order valence-electron chi connectivity index (χ0n) is 8.16. The lowest BCUT2D eigenvalue weighted by Gasteiger charge is -2.01. The molecule has 0 saturated carbocycles. The number of fused-ring (bicyclic) bond motifs is 1. The smallest absolute Gasteiger partial charge is 0.178 e. The Morgan fingerprint density at radius 3 is 3.07 bits per heavy atom. The minimum absolute atomic E-state index is 0.768. The van der Waals surface area contributed by atoms with Gasteiger partial charge in [0.2, 0.25) is 0 Å². The van der Waals surface area contributed by atoms with Crippen molar-refractivity contribution in [1.82, 2.24) is 9.55 Å². The van der Waals surface area contributed by atoms with E-state index in [1.54, 1.807) is 0 Å². The van der Waals surface area contributed by atoms with Crippen molar-refractivity contribution in [3.63, 3.8) is 0 Å². The number of imidazole rings is 1. The third kappa shape index (κ3) is 2.06. The minimum Gasteiger partial charge on any atom is -0.331 e. The second kappa shape index (κ2) is 4.33. The van der Waals surface area contributed by atoms with E-state index >= 15 is 0 Å². The molecular formula is C11H11BrN2S. The number of rotatable bonds is 3. The lowest BCUT2D eigenvalue weighted by atomic mass is 10.3. The standard InChI is InChI=1S/C11H11BrN2S/c1-2-3-6-14-10-5-4-8(12)7-9(10)13-11(14)15/h2,4-5,7H,1,3,6H2,(H,13,15). The molecule has 1 heterocycles. The van der Waals surface area contributed by atoms with Gasteiger partial charge in [0.15, 0.2) is 4.77 Å². The molecule has 0 amide bonds. The summed E-state index contributed by atoms with van der Waals surface area (Å²) in [5.74, 6) is 0. The zero-order valence-corrected chi connectivity index (χ0v) is 10.6. The molecule has 0 fully saturated rings. The van der Waals surface area contributed by atoms with E-state index in [1.165, 1.54) is 0 Å². The van der Waals surface area contributed by atoms with Gasteiger partial charge in [0.1, 0.15) is 0 Å². The summed E-state index contributed by atoms with van der Waals surface area (Å²) in [5, 5.41) is 0. The molecule has 2 aromatic rings. The predicted molar refractivity (Wildman–Crippen MR) is 69.6 cm³/mol. The van der Waals surface area contributed by atoms with Crippen molar-refractivity contribution in [1.29, 1.82) is 0 Å². The molecule has 0 aliphatic carbocycles. The first kappa shape index (κ1) is 10.6. The predicted octanol–water partition coefficient (Wildman–Crippen LogP) is 4.04. The Labute approximate surface area is 102 Å². The second-order valence-corrected chi connectivity index (χ2v) is 4.62. The molecule has 0 unspecified atom stereocenters. The van der Waals surface area contributed by atoms with Gasteiger partial charge in [-0.05, 0) is 36.8 Å². The molecule has 0 aliphatic rings.